The summed E-state index contributed by atoms with van der Waals surface area (Å²) in [5, 5.41) is 13.0. The molecule has 0 amide bonds. The van der Waals surface area contributed by atoms with Crippen molar-refractivity contribution in [2.24, 2.45) is 0 Å². The van der Waals surface area contributed by atoms with Gasteiger partial charge in [0, 0.05) is 12.0 Å². The molecule has 2 aromatic rings. The van der Waals surface area contributed by atoms with Crippen LogP contribution in [0.15, 0.2) is 16.8 Å². The van der Waals surface area contributed by atoms with E-state index < -0.39 is 0 Å². The summed E-state index contributed by atoms with van der Waals surface area (Å²) in [6.07, 6.45) is 12.5. The average Bonchev–Trinajstić information content (AvgIpc) is 3.29. The Hall–Kier alpha value is -1.04. The summed E-state index contributed by atoms with van der Waals surface area (Å²) < 4.78 is 11.5. The predicted molar refractivity (Wildman–Crippen MR) is 111 cm³/mol. The van der Waals surface area contributed by atoms with Gasteiger partial charge >= 0.3 is 0 Å². The Bertz CT molecular complexity index is 647. The topological polar surface area (TPSA) is 38.7 Å². The number of rotatable bonds is 12. The minimum atomic E-state index is 0.345. The van der Waals surface area contributed by atoms with Crippen LogP contribution in [0.3, 0.4) is 0 Å². The second-order valence-corrected chi connectivity index (χ2v) is 8.68. The number of thiophene rings is 2. The molecule has 26 heavy (non-hydrogen) atoms. The van der Waals surface area contributed by atoms with Crippen molar-refractivity contribution in [3.05, 3.63) is 22.4 Å². The molecule has 1 aliphatic heterocycles. The molecule has 144 valence electrons. The van der Waals surface area contributed by atoms with Gasteiger partial charge in [0.2, 0.25) is 0 Å². The van der Waals surface area contributed by atoms with Crippen molar-refractivity contribution in [1.29, 1.82) is 0 Å². The molecule has 0 atom stereocenters. The van der Waals surface area contributed by atoms with Crippen molar-refractivity contribution >= 4 is 22.7 Å². The first-order valence-electron chi connectivity index (χ1n) is 9.95. The molecule has 0 bridgehead atoms. The minimum absolute atomic E-state index is 0.345. The molecular formula is C21H30O3S2. The molecule has 3 rings (SSSR count). The van der Waals surface area contributed by atoms with Gasteiger partial charge in [0.1, 0.15) is 13.2 Å². The number of unbranched alkanes of at least 4 members (excludes halogenated alkanes) is 8. The number of hydrogen-bond acceptors (Lipinski definition) is 5. The summed E-state index contributed by atoms with van der Waals surface area (Å²) in [6, 6.07) is 2.27. The highest BCUT2D eigenvalue weighted by Crippen LogP contribution is 2.48. The van der Waals surface area contributed by atoms with Gasteiger partial charge in [-0.3, -0.25) is 0 Å². The van der Waals surface area contributed by atoms with E-state index in [9.17, 15) is 0 Å². The maximum atomic E-state index is 8.77. The van der Waals surface area contributed by atoms with E-state index in [-0.39, 0.29) is 0 Å². The zero-order valence-electron chi connectivity index (χ0n) is 15.5. The number of aryl methyl sites for hydroxylation is 1. The van der Waals surface area contributed by atoms with Gasteiger partial charge in [-0.2, -0.15) is 0 Å². The van der Waals surface area contributed by atoms with Crippen molar-refractivity contribution in [3.8, 4) is 21.3 Å². The Morgan fingerprint density at radius 2 is 1.50 bits per heavy atom. The number of aliphatic hydroxyl groups is 1. The molecule has 0 aliphatic carbocycles. The maximum Gasteiger partial charge on any atom is 0.180 e. The van der Waals surface area contributed by atoms with Crippen LogP contribution in [-0.4, -0.2) is 24.9 Å². The summed E-state index contributed by atoms with van der Waals surface area (Å²) >= 11 is 3.56. The molecule has 0 saturated carbocycles. The molecule has 3 nitrogen and oxygen atoms in total. The lowest BCUT2D eigenvalue weighted by Gasteiger charge is -2.16. The first kappa shape index (κ1) is 19.7. The third-order valence-electron chi connectivity index (χ3n) is 4.86. The van der Waals surface area contributed by atoms with E-state index in [1.165, 1.54) is 66.7 Å². The van der Waals surface area contributed by atoms with Crippen molar-refractivity contribution in [2.45, 2.75) is 64.2 Å². The van der Waals surface area contributed by atoms with Crippen molar-refractivity contribution < 1.29 is 14.6 Å². The first-order valence-corrected chi connectivity index (χ1v) is 11.7. The fourth-order valence-electron chi connectivity index (χ4n) is 3.42. The van der Waals surface area contributed by atoms with Crippen LogP contribution < -0.4 is 9.47 Å². The molecule has 0 unspecified atom stereocenters. The third kappa shape index (κ3) is 5.48. The highest BCUT2D eigenvalue weighted by molar-refractivity contribution is 7.21. The molecule has 2 aromatic heterocycles. The van der Waals surface area contributed by atoms with E-state index in [4.69, 9.17) is 14.6 Å². The van der Waals surface area contributed by atoms with Gasteiger partial charge in [0.25, 0.3) is 0 Å². The van der Waals surface area contributed by atoms with Crippen LogP contribution in [0.25, 0.3) is 9.75 Å². The van der Waals surface area contributed by atoms with Crippen LogP contribution >= 0.6 is 22.7 Å². The zero-order chi connectivity index (χ0) is 18.0. The van der Waals surface area contributed by atoms with E-state index in [1.54, 1.807) is 11.3 Å². The summed E-state index contributed by atoms with van der Waals surface area (Å²) in [7, 11) is 0. The number of hydrogen-bond donors (Lipinski definition) is 1. The lowest BCUT2D eigenvalue weighted by atomic mass is 10.0. The van der Waals surface area contributed by atoms with Crippen molar-refractivity contribution in [1.82, 2.24) is 0 Å². The molecule has 1 N–H and O–H groups in total. The molecule has 3 heterocycles. The first-order chi connectivity index (χ1) is 12.9. The summed E-state index contributed by atoms with van der Waals surface area (Å²) in [6.45, 7) is 1.65. The second-order valence-electron chi connectivity index (χ2n) is 6.89. The zero-order valence-corrected chi connectivity index (χ0v) is 17.1. The summed E-state index contributed by atoms with van der Waals surface area (Å²) in [5.41, 5.74) is 1.46. The van der Waals surface area contributed by atoms with Gasteiger partial charge in [-0.25, -0.2) is 0 Å². The second kappa shape index (κ2) is 11.0. The predicted octanol–water partition coefficient (Wildman–Crippen LogP) is 6.29. The maximum absolute atomic E-state index is 8.77. The Morgan fingerprint density at radius 3 is 2.27 bits per heavy atom. The van der Waals surface area contributed by atoms with Gasteiger partial charge in [0.15, 0.2) is 11.5 Å². The SMILES string of the molecule is OCCCCCCCCCCCc1ccsc1-c1scc2c1OCCO2. The van der Waals surface area contributed by atoms with Crippen LogP contribution in [0.2, 0.25) is 0 Å². The van der Waals surface area contributed by atoms with Crippen LogP contribution in [0.1, 0.15) is 63.4 Å². The number of fused-ring (bicyclic) bond motifs is 1. The standard InChI is InChI=1S/C21H30O3S2/c22-12-9-7-5-3-1-2-4-6-8-10-17-11-15-25-20(17)21-19-18(16-26-21)23-13-14-24-19/h11,15-16,22H,1-10,12-14H2. The Labute approximate surface area is 165 Å². The van der Waals surface area contributed by atoms with Crippen molar-refractivity contribution in [2.75, 3.05) is 19.8 Å². The molecule has 0 saturated heterocycles. The third-order valence-corrected chi connectivity index (χ3v) is 6.92. The number of ether oxygens (including phenoxy) is 2. The lowest BCUT2D eigenvalue weighted by molar-refractivity contribution is 0.174. The Balaban J connectivity index is 1.38. The molecule has 0 spiro atoms. The van der Waals surface area contributed by atoms with Crippen LogP contribution in [-0.2, 0) is 6.42 Å². The molecular weight excluding hydrogens is 364 g/mol. The molecule has 0 radical (unpaired) electrons. The smallest absolute Gasteiger partial charge is 0.180 e. The van der Waals surface area contributed by atoms with Crippen LogP contribution in [0.4, 0.5) is 0 Å². The van der Waals surface area contributed by atoms with E-state index in [1.807, 2.05) is 11.3 Å². The van der Waals surface area contributed by atoms with Gasteiger partial charge in [-0.1, -0.05) is 44.9 Å². The van der Waals surface area contributed by atoms with E-state index in [2.05, 4.69) is 16.8 Å². The van der Waals surface area contributed by atoms with E-state index in [0.717, 1.165) is 24.3 Å². The van der Waals surface area contributed by atoms with Gasteiger partial charge in [-0.15, -0.1) is 22.7 Å². The monoisotopic (exact) mass is 394 g/mol. The molecule has 5 heteroatoms. The van der Waals surface area contributed by atoms with Gasteiger partial charge in [-0.05, 0) is 36.3 Å². The Morgan fingerprint density at radius 1 is 0.808 bits per heavy atom. The minimum Gasteiger partial charge on any atom is -0.485 e. The van der Waals surface area contributed by atoms with Crippen LogP contribution in [0, 0.1) is 0 Å². The largest absolute Gasteiger partial charge is 0.485 e. The lowest BCUT2D eigenvalue weighted by Crippen LogP contribution is -2.14. The van der Waals surface area contributed by atoms with E-state index >= 15 is 0 Å². The molecule has 1 aliphatic rings. The van der Waals surface area contributed by atoms with E-state index in [0.29, 0.717) is 19.8 Å². The molecule has 0 aromatic carbocycles. The van der Waals surface area contributed by atoms with Gasteiger partial charge in [0.05, 0.1) is 9.75 Å². The summed E-state index contributed by atoms with van der Waals surface area (Å²) in [5.74, 6) is 1.86. The molecule has 0 fully saturated rings. The fraction of sp³-hybridized carbons (Fsp3) is 0.619. The summed E-state index contributed by atoms with van der Waals surface area (Å²) in [4.78, 5) is 2.61. The van der Waals surface area contributed by atoms with Gasteiger partial charge < -0.3 is 14.6 Å². The quantitative estimate of drug-likeness (QED) is 0.430. The average molecular weight is 395 g/mol. The fourth-order valence-corrected chi connectivity index (χ4v) is 5.50. The Kier molecular flexibility index (Phi) is 8.30. The highest BCUT2D eigenvalue weighted by Gasteiger charge is 2.22. The van der Waals surface area contributed by atoms with Crippen LogP contribution in [0.5, 0.6) is 11.5 Å². The number of aliphatic hydroxyl groups excluding tert-OH is 1. The van der Waals surface area contributed by atoms with Crippen molar-refractivity contribution in [3.63, 3.8) is 0 Å². The normalized spacial score (nSPS) is 13.3. The highest BCUT2D eigenvalue weighted by atomic mass is 32.1.